The highest BCUT2D eigenvalue weighted by atomic mass is 16.3. The average molecular weight is 294 g/mol. The molecule has 4 rings (SSSR count). The highest BCUT2D eigenvalue weighted by Gasteiger charge is 2.24. The van der Waals surface area contributed by atoms with Gasteiger partial charge in [0.1, 0.15) is 5.52 Å². The minimum absolute atomic E-state index is 0.208. The molecular formula is C17H18N4O. The molecule has 1 aliphatic rings. The smallest absolute Gasteiger partial charge is 0.156 e. The minimum atomic E-state index is 0.208. The van der Waals surface area contributed by atoms with Gasteiger partial charge in [0.05, 0.1) is 24.5 Å². The van der Waals surface area contributed by atoms with Crippen LogP contribution in [0, 0.1) is 0 Å². The van der Waals surface area contributed by atoms with Crippen LogP contribution in [0.1, 0.15) is 12.8 Å². The molecule has 112 valence electrons. The van der Waals surface area contributed by atoms with Gasteiger partial charge in [0.25, 0.3) is 0 Å². The fourth-order valence-corrected chi connectivity index (χ4v) is 3.18. The normalized spacial score (nSPS) is 18.2. The average Bonchev–Trinajstić information content (AvgIpc) is 3.23. The standard InChI is InChI=1S/C17H18N4O/c22-11-14-5-2-8-21(14)13-4-1-3-12(9-13)16-10-19-17-15(20-16)6-7-18-17/h1,3-4,6-7,9-10,14,22H,2,5,8,11H2,(H,18,19)/t14-/m0/s1. The molecule has 1 fully saturated rings. The van der Waals surface area contributed by atoms with Gasteiger partial charge in [-0.3, -0.25) is 0 Å². The number of fused-ring (bicyclic) bond motifs is 1. The number of benzene rings is 1. The molecule has 1 aromatic carbocycles. The van der Waals surface area contributed by atoms with Gasteiger partial charge in [-0.15, -0.1) is 0 Å². The van der Waals surface area contributed by atoms with Crippen molar-refractivity contribution >= 4 is 16.9 Å². The molecule has 0 unspecified atom stereocenters. The molecule has 0 saturated carbocycles. The van der Waals surface area contributed by atoms with E-state index in [0.29, 0.717) is 0 Å². The predicted molar refractivity (Wildman–Crippen MR) is 86.8 cm³/mol. The van der Waals surface area contributed by atoms with Gasteiger partial charge in [0, 0.05) is 24.0 Å². The third-order valence-electron chi connectivity index (χ3n) is 4.32. The second kappa shape index (κ2) is 5.42. The summed E-state index contributed by atoms with van der Waals surface area (Å²) in [5.74, 6) is 0. The summed E-state index contributed by atoms with van der Waals surface area (Å²) in [7, 11) is 0. The van der Waals surface area contributed by atoms with Crippen LogP contribution < -0.4 is 4.90 Å². The molecule has 0 radical (unpaired) electrons. The number of hydrogen-bond donors (Lipinski definition) is 2. The Bertz CT molecular complexity index is 798. The molecule has 3 heterocycles. The molecule has 5 nitrogen and oxygen atoms in total. The monoisotopic (exact) mass is 294 g/mol. The van der Waals surface area contributed by atoms with Crippen molar-refractivity contribution in [3.05, 3.63) is 42.7 Å². The summed E-state index contributed by atoms with van der Waals surface area (Å²) in [6.45, 7) is 1.20. The first kappa shape index (κ1) is 13.3. The van der Waals surface area contributed by atoms with E-state index in [9.17, 15) is 5.11 Å². The first-order valence-electron chi connectivity index (χ1n) is 7.63. The highest BCUT2D eigenvalue weighted by molar-refractivity contribution is 5.75. The summed E-state index contributed by atoms with van der Waals surface area (Å²) < 4.78 is 0. The zero-order valence-corrected chi connectivity index (χ0v) is 12.2. The fraction of sp³-hybridized carbons (Fsp3) is 0.294. The maximum atomic E-state index is 9.51. The van der Waals surface area contributed by atoms with E-state index in [4.69, 9.17) is 0 Å². The van der Waals surface area contributed by atoms with Gasteiger partial charge in [-0.1, -0.05) is 12.1 Å². The Morgan fingerprint density at radius 1 is 1.32 bits per heavy atom. The molecular weight excluding hydrogens is 276 g/mol. The van der Waals surface area contributed by atoms with Crippen molar-refractivity contribution in [1.82, 2.24) is 15.0 Å². The Morgan fingerprint density at radius 2 is 2.27 bits per heavy atom. The van der Waals surface area contributed by atoms with E-state index >= 15 is 0 Å². The Balaban J connectivity index is 1.71. The number of rotatable bonds is 3. The molecule has 0 aliphatic carbocycles. The maximum absolute atomic E-state index is 9.51. The van der Waals surface area contributed by atoms with Crippen LogP contribution in [-0.2, 0) is 0 Å². The largest absolute Gasteiger partial charge is 0.394 e. The van der Waals surface area contributed by atoms with E-state index in [1.165, 1.54) is 0 Å². The van der Waals surface area contributed by atoms with Crippen LogP contribution in [0.2, 0.25) is 0 Å². The Morgan fingerprint density at radius 3 is 3.18 bits per heavy atom. The summed E-state index contributed by atoms with van der Waals surface area (Å²) in [5, 5.41) is 9.51. The summed E-state index contributed by atoms with van der Waals surface area (Å²) in [5.41, 5.74) is 4.74. The summed E-state index contributed by atoms with van der Waals surface area (Å²) in [6, 6.07) is 10.5. The molecule has 3 aromatic rings. The highest BCUT2D eigenvalue weighted by Crippen LogP contribution is 2.29. The quantitative estimate of drug-likeness (QED) is 0.779. The first-order valence-corrected chi connectivity index (χ1v) is 7.63. The van der Waals surface area contributed by atoms with Gasteiger partial charge in [-0.25, -0.2) is 9.97 Å². The van der Waals surface area contributed by atoms with Crippen LogP contribution in [0.15, 0.2) is 42.7 Å². The first-order chi connectivity index (χ1) is 10.8. The van der Waals surface area contributed by atoms with Gasteiger partial charge in [0.15, 0.2) is 5.65 Å². The van der Waals surface area contributed by atoms with Crippen LogP contribution in [0.4, 0.5) is 5.69 Å². The second-order valence-electron chi connectivity index (χ2n) is 5.69. The molecule has 0 bridgehead atoms. The van der Waals surface area contributed by atoms with Crippen LogP contribution in [0.5, 0.6) is 0 Å². The summed E-state index contributed by atoms with van der Waals surface area (Å²) in [6.07, 6.45) is 5.83. The van der Waals surface area contributed by atoms with Crippen molar-refractivity contribution < 1.29 is 5.11 Å². The van der Waals surface area contributed by atoms with E-state index in [1.807, 2.05) is 18.3 Å². The van der Waals surface area contributed by atoms with Crippen molar-refractivity contribution in [2.75, 3.05) is 18.1 Å². The Kier molecular flexibility index (Phi) is 3.27. The molecule has 22 heavy (non-hydrogen) atoms. The van der Waals surface area contributed by atoms with Gasteiger partial charge >= 0.3 is 0 Å². The molecule has 2 N–H and O–H groups in total. The number of nitrogens with one attached hydrogen (secondary N) is 1. The van der Waals surface area contributed by atoms with Crippen molar-refractivity contribution in [2.45, 2.75) is 18.9 Å². The zero-order valence-electron chi connectivity index (χ0n) is 12.2. The molecule has 1 saturated heterocycles. The van der Waals surface area contributed by atoms with Crippen LogP contribution in [0.25, 0.3) is 22.4 Å². The van der Waals surface area contributed by atoms with Gasteiger partial charge in [0.2, 0.25) is 0 Å². The molecule has 5 heteroatoms. The number of hydrogen-bond acceptors (Lipinski definition) is 4. The Hall–Kier alpha value is -2.40. The molecule has 0 spiro atoms. The van der Waals surface area contributed by atoms with Gasteiger partial charge < -0.3 is 15.0 Å². The van der Waals surface area contributed by atoms with Crippen molar-refractivity contribution in [3.8, 4) is 11.3 Å². The summed E-state index contributed by atoms with van der Waals surface area (Å²) >= 11 is 0. The number of H-pyrrole nitrogens is 1. The Labute approximate surface area is 128 Å². The topological polar surface area (TPSA) is 65.0 Å². The van der Waals surface area contributed by atoms with E-state index in [2.05, 4.69) is 38.1 Å². The SMILES string of the molecule is OC[C@@H]1CCCN1c1cccc(-c2cnc3[nH]ccc3n2)c1. The number of aliphatic hydroxyl groups excluding tert-OH is 1. The van der Waals surface area contributed by atoms with Gasteiger partial charge in [-0.05, 0) is 31.0 Å². The zero-order chi connectivity index (χ0) is 14.9. The number of aromatic amines is 1. The third-order valence-corrected chi connectivity index (χ3v) is 4.32. The number of aliphatic hydroxyl groups is 1. The number of nitrogens with zero attached hydrogens (tertiary/aromatic N) is 3. The van der Waals surface area contributed by atoms with E-state index in [1.54, 1.807) is 6.20 Å². The van der Waals surface area contributed by atoms with Crippen LogP contribution in [0.3, 0.4) is 0 Å². The van der Waals surface area contributed by atoms with E-state index in [-0.39, 0.29) is 12.6 Å². The number of anilines is 1. The van der Waals surface area contributed by atoms with Crippen LogP contribution >= 0.6 is 0 Å². The predicted octanol–water partition coefficient (Wildman–Crippen LogP) is 2.59. The lowest BCUT2D eigenvalue weighted by Gasteiger charge is -2.25. The van der Waals surface area contributed by atoms with Crippen molar-refractivity contribution in [1.29, 1.82) is 0 Å². The second-order valence-corrected chi connectivity index (χ2v) is 5.69. The van der Waals surface area contributed by atoms with E-state index in [0.717, 1.165) is 47.5 Å². The summed E-state index contributed by atoms with van der Waals surface area (Å²) in [4.78, 5) is 14.4. The lowest BCUT2D eigenvalue weighted by atomic mass is 10.1. The fourth-order valence-electron chi connectivity index (χ4n) is 3.18. The maximum Gasteiger partial charge on any atom is 0.156 e. The molecule has 2 aromatic heterocycles. The van der Waals surface area contributed by atoms with Gasteiger partial charge in [-0.2, -0.15) is 0 Å². The van der Waals surface area contributed by atoms with Crippen molar-refractivity contribution in [3.63, 3.8) is 0 Å². The molecule has 1 aliphatic heterocycles. The minimum Gasteiger partial charge on any atom is -0.394 e. The van der Waals surface area contributed by atoms with E-state index < -0.39 is 0 Å². The third kappa shape index (κ3) is 2.23. The lowest BCUT2D eigenvalue weighted by molar-refractivity contribution is 0.266. The number of aromatic nitrogens is 3. The molecule has 0 amide bonds. The van der Waals surface area contributed by atoms with Crippen LogP contribution in [-0.4, -0.2) is 39.3 Å². The lowest BCUT2D eigenvalue weighted by Crippen LogP contribution is -2.31. The molecule has 1 atom stereocenters. The van der Waals surface area contributed by atoms with Crippen molar-refractivity contribution in [2.24, 2.45) is 0 Å².